The second-order valence-electron chi connectivity index (χ2n) is 10.8. The second kappa shape index (κ2) is 33.8. The zero-order chi connectivity index (χ0) is 27.7. The van der Waals surface area contributed by atoms with Crippen LogP contribution in [0, 0.1) is 0 Å². The van der Waals surface area contributed by atoms with Crippen molar-refractivity contribution in [2.75, 3.05) is 33.1 Å². The maximum atomic E-state index is 12.0. The Kier molecular flexibility index (Phi) is 35.6. The van der Waals surface area contributed by atoms with Crippen molar-refractivity contribution < 1.29 is 17.0 Å². The molecule has 0 saturated carbocycles. The molecule has 0 heterocycles. The van der Waals surface area contributed by atoms with E-state index in [1.165, 1.54) is 103 Å². The molecule has 0 aromatic carbocycles. The summed E-state index contributed by atoms with van der Waals surface area (Å²) >= 11 is 0. The normalized spacial score (nSPS) is 11.5. The van der Waals surface area contributed by atoms with E-state index in [-0.39, 0.29) is 12.4 Å². The molecular weight excluding hydrogens is 485 g/mol. The molecular formula is C31H66FNO3S. The summed E-state index contributed by atoms with van der Waals surface area (Å²) in [5, 5.41) is 2.75. The third-order valence-corrected chi connectivity index (χ3v) is 8.10. The summed E-state index contributed by atoms with van der Waals surface area (Å²) < 4.78 is 41.1. The zero-order valence-electron chi connectivity index (χ0n) is 25.3. The number of unbranched alkanes of at least 4 members (excludes halogenated alkanes) is 23. The third-order valence-electron chi connectivity index (χ3n) is 6.79. The summed E-state index contributed by atoms with van der Waals surface area (Å²) in [6.07, 6.45) is 30.1. The topological polar surface area (TPSA) is 55.4 Å². The first-order chi connectivity index (χ1) is 18.0. The lowest BCUT2D eigenvalue weighted by Crippen LogP contribution is -2.11. The molecule has 0 aromatic rings. The minimum atomic E-state index is -3.35. The molecule has 0 aliphatic heterocycles. The smallest absolute Gasteiger partial charge is 0.267 e. The van der Waals surface area contributed by atoms with Crippen molar-refractivity contribution in [2.45, 2.75) is 167 Å². The minimum absolute atomic E-state index is 0.155. The van der Waals surface area contributed by atoms with Crippen LogP contribution in [0.3, 0.4) is 0 Å². The van der Waals surface area contributed by atoms with Crippen molar-refractivity contribution in [1.82, 2.24) is 5.32 Å². The molecule has 0 saturated heterocycles. The summed E-state index contributed by atoms with van der Waals surface area (Å²) in [6, 6.07) is 0. The predicted octanol–water partition coefficient (Wildman–Crippen LogP) is 9.91. The van der Waals surface area contributed by atoms with Gasteiger partial charge in [-0.25, -0.2) is 0 Å². The molecule has 37 heavy (non-hydrogen) atoms. The lowest BCUT2D eigenvalue weighted by Gasteiger charge is -2.06. The molecule has 0 bridgehead atoms. The molecule has 6 heteroatoms. The number of hydrogen-bond donors (Lipinski definition) is 1. The molecule has 0 fully saturated rings. The Morgan fingerprint density at radius 3 is 1.16 bits per heavy atom. The summed E-state index contributed by atoms with van der Waals surface area (Å²) in [4.78, 5) is 0. The van der Waals surface area contributed by atoms with Crippen LogP contribution in [0.1, 0.15) is 167 Å². The monoisotopic (exact) mass is 551 g/mol. The molecule has 0 rings (SSSR count). The highest BCUT2D eigenvalue weighted by Crippen LogP contribution is 2.14. The average Bonchev–Trinajstić information content (AvgIpc) is 2.87. The Hall–Kier alpha value is -0.200. The Morgan fingerprint density at radius 1 is 0.514 bits per heavy atom. The molecule has 0 aliphatic rings. The van der Waals surface area contributed by atoms with E-state index in [1.54, 1.807) is 0 Å². The van der Waals surface area contributed by atoms with Crippen molar-refractivity contribution >= 4 is 10.1 Å². The van der Waals surface area contributed by atoms with Crippen LogP contribution >= 0.6 is 0 Å². The lowest BCUT2D eigenvalue weighted by atomic mass is 10.0. The fourth-order valence-corrected chi connectivity index (χ4v) is 5.55. The van der Waals surface area contributed by atoms with Gasteiger partial charge in [0.05, 0.1) is 19.0 Å². The van der Waals surface area contributed by atoms with Gasteiger partial charge in [-0.15, -0.1) is 0 Å². The predicted molar refractivity (Wildman–Crippen MR) is 162 cm³/mol. The molecule has 0 radical (unpaired) electrons. The summed E-state index contributed by atoms with van der Waals surface area (Å²) in [6.45, 7) is 2.42. The van der Waals surface area contributed by atoms with Crippen LogP contribution in [-0.4, -0.2) is 41.5 Å². The first kappa shape index (κ1) is 38.9. The highest BCUT2D eigenvalue weighted by Gasteiger charge is 2.10. The Bertz CT molecular complexity index is 503. The van der Waals surface area contributed by atoms with Gasteiger partial charge in [0.15, 0.2) is 0 Å². The van der Waals surface area contributed by atoms with Crippen molar-refractivity contribution in [3.05, 3.63) is 0 Å². The van der Waals surface area contributed by atoms with Crippen LogP contribution in [0.15, 0.2) is 0 Å². The average molecular weight is 552 g/mol. The van der Waals surface area contributed by atoms with E-state index in [1.807, 2.05) is 14.1 Å². The van der Waals surface area contributed by atoms with Gasteiger partial charge in [-0.1, -0.05) is 148 Å². The van der Waals surface area contributed by atoms with E-state index in [9.17, 15) is 12.8 Å². The Balaban J connectivity index is 0. The second-order valence-corrected chi connectivity index (χ2v) is 12.5. The van der Waals surface area contributed by atoms with Crippen molar-refractivity contribution in [1.29, 1.82) is 0 Å². The van der Waals surface area contributed by atoms with Crippen molar-refractivity contribution in [2.24, 2.45) is 0 Å². The first-order valence-corrected chi connectivity index (χ1v) is 17.6. The van der Waals surface area contributed by atoms with Crippen LogP contribution in [0.5, 0.6) is 0 Å². The van der Waals surface area contributed by atoms with Gasteiger partial charge in [0.2, 0.25) is 0 Å². The van der Waals surface area contributed by atoms with Crippen molar-refractivity contribution in [3.8, 4) is 0 Å². The van der Waals surface area contributed by atoms with Gasteiger partial charge in [0, 0.05) is 0 Å². The Morgan fingerprint density at radius 2 is 0.811 bits per heavy atom. The van der Waals surface area contributed by atoms with E-state index >= 15 is 0 Å². The van der Waals surface area contributed by atoms with E-state index in [0.29, 0.717) is 19.4 Å². The van der Waals surface area contributed by atoms with Gasteiger partial charge in [0.1, 0.15) is 0 Å². The van der Waals surface area contributed by atoms with Gasteiger partial charge in [-0.3, -0.25) is 8.57 Å². The maximum Gasteiger partial charge on any atom is 0.267 e. The number of halogens is 1. The fraction of sp³-hybridized carbons (Fsp3) is 1.00. The molecule has 0 unspecified atom stereocenters. The molecule has 0 aromatic heterocycles. The fourth-order valence-electron chi connectivity index (χ4n) is 4.51. The number of hydrogen-bond acceptors (Lipinski definition) is 4. The van der Waals surface area contributed by atoms with Gasteiger partial charge < -0.3 is 5.32 Å². The van der Waals surface area contributed by atoms with Gasteiger partial charge in [-0.2, -0.15) is 8.42 Å². The van der Waals surface area contributed by atoms with Gasteiger partial charge in [-0.05, 0) is 33.4 Å². The number of rotatable bonds is 29. The molecule has 0 aliphatic carbocycles. The van der Waals surface area contributed by atoms with Crippen LogP contribution in [-0.2, 0) is 14.3 Å². The molecule has 0 amide bonds. The van der Waals surface area contributed by atoms with E-state index < -0.39 is 10.1 Å². The summed E-state index contributed by atoms with van der Waals surface area (Å²) in [5.41, 5.74) is 0. The van der Waals surface area contributed by atoms with Crippen LogP contribution in [0.25, 0.3) is 0 Å². The zero-order valence-corrected chi connectivity index (χ0v) is 26.1. The van der Waals surface area contributed by atoms with Crippen LogP contribution in [0.4, 0.5) is 4.39 Å². The van der Waals surface area contributed by atoms with Gasteiger partial charge in [0.25, 0.3) is 10.1 Å². The SMILES string of the molecule is CCCCCCCCCCCCCCCCCCOS(=O)(=O)CCCCCCCCCCCF.CNC. The molecule has 4 nitrogen and oxygen atoms in total. The molecule has 226 valence electrons. The summed E-state index contributed by atoms with van der Waals surface area (Å²) in [5.74, 6) is 0.155. The molecule has 0 atom stereocenters. The van der Waals surface area contributed by atoms with Crippen LogP contribution < -0.4 is 5.32 Å². The number of nitrogens with one attached hydrogen (secondary N) is 1. The number of alkyl halides is 1. The standard InChI is InChI=1S/C29H59FO3S.C2H7N/c1-2-3-4-5-6-7-8-9-10-11-12-13-16-19-22-25-28-33-34(31,32)29-26-23-20-17-14-15-18-21-24-27-30;1-3-2/h2-29H2,1H3;3H,1-2H3. The van der Waals surface area contributed by atoms with E-state index in [0.717, 1.165) is 44.9 Å². The Labute approximate surface area is 232 Å². The summed E-state index contributed by atoms with van der Waals surface area (Å²) in [7, 11) is 0.405. The van der Waals surface area contributed by atoms with Crippen molar-refractivity contribution in [3.63, 3.8) is 0 Å². The van der Waals surface area contributed by atoms with E-state index in [4.69, 9.17) is 4.18 Å². The van der Waals surface area contributed by atoms with Gasteiger partial charge >= 0.3 is 0 Å². The first-order valence-electron chi connectivity index (χ1n) is 16.1. The molecule has 1 N–H and O–H groups in total. The highest BCUT2D eigenvalue weighted by atomic mass is 32.2. The lowest BCUT2D eigenvalue weighted by molar-refractivity contribution is 0.305. The largest absolute Gasteiger partial charge is 0.323 e. The van der Waals surface area contributed by atoms with Crippen LogP contribution in [0.2, 0.25) is 0 Å². The maximum absolute atomic E-state index is 12.0. The minimum Gasteiger partial charge on any atom is -0.323 e. The molecule has 0 spiro atoms. The quantitative estimate of drug-likeness (QED) is 0.0742. The van der Waals surface area contributed by atoms with E-state index in [2.05, 4.69) is 12.2 Å². The highest BCUT2D eigenvalue weighted by molar-refractivity contribution is 7.86. The third kappa shape index (κ3) is 38.0.